The van der Waals surface area contributed by atoms with Crippen LogP contribution in [0.3, 0.4) is 0 Å². The number of fused-ring (bicyclic) bond motifs is 1. The Kier molecular flexibility index (Phi) is 5.07. The second kappa shape index (κ2) is 7.68. The fraction of sp³-hybridized carbons (Fsp3) is 0.167. The van der Waals surface area contributed by atoms with Crippen LogP contribution in [0.25, 0.3) is 10.8 Å². The Hall–Kier alpha value is -3.18. The number of aryl methyl sites for hydroxylation is 1. The molecule has 3 aromatic rings. The van der Waals surface area contributed by atoms with Crippen LogP contribution in [0.1, 0.15) is 29.7 Å². The van der Waals surface area contributed by atoms with Crippen LogP contribution in [-0.4, -0.2) is 11.0 Å². The molecule has 5 heteroatoms. The summed E-state index contributed by atoms with van der Waals surface area (Å²) in [5.74, 6) is -0.142. The molecule has 0 fully saturated rings. The van der Waals surface area contributed by atoms with Gasteiger partial charge in [0.25, 0.3) is 5.91 Å². The summed E-state index contributed by atoms with van der Waals surface area (Å²) < 4.78 is 0. The molecule has 1 atom stereocenters. The van der Waals surface area contributed by atoms with Gasteiger partial charge in [-0.3, -0.25) is 4.79 Å². The van der Waals surface area contributed by atoms with E-state index in [2.05, 4.69) is 34.1 Å². The number of hydrogen-bond acceptors (Lipinski definition) is 2. The number of hydrogen-bond donors (Lipinski definition) is 3. The molecule has 0 radical (unpaired) electrons. The van der Waals surface area contributed by atoms with Gasteiger partial charge >= 0.3 is 0 Å². The van der Waals surface area contributed by atoms with Crippen LogP contribution in [0.4, 0.5) is 5.69 Å². The third-order valence-electron chi connectivity index (χ3n) is 5.50. The molecule has 1 aliphatic rings. The highest BCUT2D eigenvalue weighted by Gasteiger charge is 2.31. The number of amides is 1. The highest BCUT2D eigenvalue weighted by molar-refractivity contribution is 7.80. The molecule has 0 bridgehead atoms. The molecular weight excluding hydrogens is 378 g/mol. The Bertz CT molecular complexity index is 1160. The maximum absolute atomic E-state index is 13.4. The van der Waals surface area contributed by atoms with Crippen LogP contribution in [0, 0.1) is 13.8 Å². The van der Waals surface area contributed by atoms with Crippen LogP contribution >= 0.6 is 12.2 Å². The summed E-state index contributed by atoms with van der Waals surface area (Å²) in [6.45, 7) is 5.95. The lowest BCUT2D eigenvalue weighted by atomic mass is 9.91. The van der Waals surface area contributed by atoms with E-state index < -0.39 is 0 Å². The summed E-state index contributed by atoms with van der Waals surface area (Å²) in [6.07, 6.45) is 0. The van der Waals surface area contributed by atoms with Gasteiger partial charge in [-0.25, -0.2) is 0 Å². The van der Waals surface area contributed by atoms with Crippen molar-refractivity contribution in [3.05, 3.63) is 88.6 Å². The van der Waals surface area contributed by atoms with Gasteiger partial charge in [0.15, 0.2) is 5.11 Å². The summed E-state index contributed by atoms with van der Waals surface area (Å²) >= 11 is 5.40. The molecule has 0 aromatic heterocycles. The van der Waals surface area contributed by atoms with Crippen molar-refractivity contribution >= 4 is 39.7 Å². The first-order chi connectivity index (χ1) is 14.0. The normalized spacial score (nSPS) is 16.4. The SMILES string of the molecule is CC1=C(C(=O)Nc2cccc(C)c2C)[C@@H](c2cccc3ccccc23)NC(=S)N1. The summed E-state index contributed by atoms with van der Waals surface area (Å²) in [7, 11) is 0. The van der Waals surface area contributed by atoms with E-state index in [1.165, 1.54) is 0 Å². The molecule has 4 nitrogen and oxygen atoms in total. The Balaban J connectivity index is 1.78. The van der Waals surface area contributed by atoms with Crippen molar-refractivity contribution in [3.63, 3.8) is 0 Å². The zero-order valence-electron chi connectivity index (χ0n) is 16.7. The second-order valence-corrected chi connectivity index (χ2v) is 7.75. The van der Waals surface area contributed by atoms with Gasteiger partial charge in [0.1, 0.15) is 0 Å². The van der Waals surface area contributed by atoms with Crippen molar-refractivity contribution in [1.82, 2.24) is 10.6 Å². The van der Waals surface area contributed by atoms with Crippen LogP contribution in [0.15, 0.2) is 71.9 Å². The average molecular weight is 402 g/mol. The monoisotopic (exact) mass is 401 g/mol. The summed E-state index contributed by atoms with van der Waals surface area (Å²) in [4.78, 5) is 13.4. The lowest BCUT2D eigenvalue weighted by Crippen LogP contribution is -2.45. The minimum Gasteiger partial charge on any atom is -0.351 e. The largest absolute Gasteiger partial charge is 0.351 e. The van der Waals surface area contributed by atoms with Crippen molar-refractivity contribution in [2.24, 2.45) is 0 Å². The van der Waals surface area contributed by atoms with Crippen molar-refractivity contribution in [2.75, 3.05) is 5.32 Å². The van der Waals surface area contributed by atoms with Crippen molar-refractivity contribution in [3.8, 4) is 0 Å². The fourth-order valence-electron chi connectivity index (χ4n) is 3.81. The molecule has 0 unspecified atom stereocenters. The van der Waals surface area contributed by atoms with Crippen molar-refractivity contribution < 1.29 is 4.79 Å². The number of allylic oxidation sites excluding steroid dienone is 1. The number of benzene rings is 3. The van der Waals surface area contributed by atoms with Gasteiger partial charge < -0.3 is 16.0 Å². The maximum atomic E-state index is 13.4. The predicted octanol–water partition coefficient (Wildman–Crippen LogP) is 4.89. The number of carbonyl (C=O) groups excluding carboxylic acids is 1. The number of carbonyl (C=O) groups is 1. The van der Waals surface area contributed by atoms with Crippen LogP contribution in [0.5, 0.6) is 0 Å². The standard InChI is InChI=1S/C24H23N3OS/c1-14-8-6-13-20(15(14)2)26-23(28)21-16(3)25-24(29)27-22(21)19-12-7-10-17-9-4-5-11-18(17)19/h4-13,22H,1-3H3,(H,26,28)(H2,25,27,29)/t22-/m1/s1. The third-order valence-corrected chi connectivity index (χ3v) is 5.72. The molecule has 3 N–H and O–H groups in total. The summed E-state index contributed by atoms with van der Waals surface area (Å²) in [6, 6.07) is 19.9. The zero-order valence-corrected chi connectivity index (χ0v) is 17.5. The van der Waals surface area contributed by atoms with Gasteiger partial charge in [0, 0.05) is 11.4 Å². The highest BCUT2D eigenvalue weighted by Crippen LogP contribution is 2.33. The van der Waals surface area contributed by atoms with Gasteiger partial charge in [-0.05, 0) is 66.5 Å². The van der Waals surface area contributed by atoms with Crippen LogP contribution in [0.2, 0.25) is 0 Å². The molecular formula is C24H23N3OS. The second-order valence-electron chi connectivity index (χ2n) is 7.34. The molecule has 1 aliphatic heterocycles. The molecule has 3 aromatic carbocycles. The van der Waals surface area contributed by atoms with E-state index in [1.807, 2.05) is 63.2 Å². The maximum Gasteiger partial charge on any atom is 0.255 e. The summed E-state index contributed by atoms with van der Waals surface area (Å²) in [5, 5.41) is 12.2. The van der Waals surface area contributed by atoms with Gasteiger partial charge in [-0.15, -0.1) is 0 Å². The quantitative estimate of drug-likeness (QED) is 0.547. The lowest BCUT2D eigenvalue weighted by Gasteiger charge is -2.31. The van der Waals surface area contributed by atoms with E-state index in [0.29, 0.717) is 10.7 Å². The lowest BCUT2D eigenvalue weighted by molar-refractivity contribution is -0.113. The molecule has 0 spiro atoms. The highest BCUT2D eigenvalue weighted by atomic mass is 32.1. The smallest absolute Gasteiger partial charge is 0.255 e. The van der Waals surface area contributed by atoms with Gasteiger partial charge in [-0.2, -0.15) is 0 Å². The first kappa shape index (κ1) is 19.2. The van der Waals surface area contributed by atoms with E-state index in [0.717, 1.165) is 38.8 Å². The van der Waals surface area contributed by atoms with Gasteiger partial charge in [-0.1, -0.05) is 54.6 Å². The summed E-state index contributed by atoms with van der Waals surface area (Å²) in [5.41, 5.74) is 5.44. The number of nitrogens with one attached hydrogen (secondary N) is 3. The number of anilines is 1. The minimum atomic E-state index is -0.333. The third kappa shape index (κ3) is 3.61. The Morgan fingerprint density at radius 1 is 0.966 bits per heavy atom. The topological polar surface area (TPSA) is 53.2 Å². The number of thiocarbonyl (C=S) groups is 1. The molecule has 0 aliphatic carbocycles. The first-order valence-electron chi connectivity index (χ1n) is 9.59. The molecule has 29 heavy (non-hydrogen) atoms. The zero-order chi connectivity index (χ0) is 20.5. The minimum absolute atomic E-state index is 0.142. The van der Waals surface area contributed by atoms with E-state index in [9.17, 15) is 4.79 Å². The molecule has 0 saturated heterocycles. The van der Waals surface area contributed by atoms with E-state index in [-0.39, 0.29) is 11.9 Å². The van der Waals surface area contributed by atoms with E-state index >= 15 is 0 Å². The van der Waals surface area contributed by atoms with Gasteiger partial charge in [0.2, 0.25) is 0 Å². The van der Waals surface area contributed by atoms with Crippen LogP contribution in [-0.2, 0) is 4.79 Å². The Morgan fingerprint density at radius 3 is 2.52 bits per heavy atom. The fourth-order valence-corrected chi connectivity index (χ4v) is 4.08. The van der Waals surface area contributed by atoms with E-state index in [1.54, 1.807) is 0 Å². The molecule has 4 rings (SSSR count). The van der Waals surface area contributed by atoms with Crippen molar-refractivity contribution in [2.45, 2.75) is 26.8 Å². The van der Waals surface area contributed by atoms with Crippen LogP contribution < -0.4 is 16.0 Å². The van der Waals surface area contributed by atoms with Gasteiger partial charge in [0.05, 0.1) is 11.6 Å². The Morgan fingerprint density at radius 2 is 1.69 bits per heavy atom. The molecule has 1 heterocycles. The Labute approximate surface area is 176 Å². The molecule has 0 saturated carbocycles. The number of rotatable bonds is 3. The van der Waals surface area contributed by atoms with E-state index in [4.69, 9.17) is 12.2 Å². The van der Waals surface area contributed by atoms with Crippen molar-refractivity contribution in [1.29, 1.82) is 0 Å². The first-order valence-corrected chi connectivity index (χ1v) is 10.00. The average Bonchev–Trinajstić information content (AvgIpc) is 2.70. The molecule has 146 valence electrons. The molecule has 1 amide bonds. The predicted molar refractivity (Wildman–Crippen MR) is 123 cm³/mol.